The van der Waals surface area contributed by atoms with Crippen LogP contribution in [0.2, 0.25) is 0 Å². The fourth-order valence-corrected chi connectivity index (χ4v) is 5.77. The van der Waals surface area contributed by atoms with E-state index in [4.69, 9.17) is 9.47 Å². The topological polar surface area (TPSA) is 105 Å². The second-order valence-corrected chi connectivity index (χ2v) is 12.6. The van der Waals surface area contributed by atoms with Gasteiger partial charge >= 0.3 is 0 Å². The predicted octanol–water partition coefficient (Wildman–Crippen LogP) is 4.79. The van der Waals surface area contributed by atoms with Crippen LogP contribution >= 0.6 is 15.9 Å². The van der Waals surface area contributed by atoms with Crippen LogP contribution in [-0.4, -0.2) is 64.7 Å². The van der Waals surface area contributed by atoms with E-state index in [1.165, 1.54) is 25.2 Å². The van der Waals surface area contributed by atoms with E-state index in [2.05, 4.69) is 21.2 Å². The second kappa shape index (κ2) is 15.6. The number of rotatable bonds is 15. The van der Waals surface area contributed by atoms with Crippen molar-refractivity contribution in [3.63, 3.8) is 0 Å². The summed E-state index contributed by atoms with van der Waals surface area (Å²) in [6.07, 6.45) is 2.99. The minimum atomic E-state index is -3.91. The normalized spacial score (nSPS) is 11.8. The largest absolute Gasteiger partial charge is 0.493 e. The molecule has 0 heterocycles. The molecule has 0 aliphatic carbocycles. The van der Waals surface area contributed by atoms with Crippen LogP contribution in [0, 0.1) is 0 Å². The molecule has 0 aliphatic heterocycles. The van der Waals surface area contributed by atoms with Crippen LogP contribution < -0.4 is 19.1 Å². The molecule has 3 aromatic rings. The van der Waals surface area contributed by atoms with Crippen molar-refractivity contribution < 1.29 is 27.5 Å². The lowest BCUT2D eigenvalue weighted by Crippen LogP contribution is -2.53. The molecule has 9 nitrogen and oxygen atoms in total. The third-order valence-electron chi connectivity index (χ3n) is 6.68. The highest BCUT2D eigenvalue weighted by Gasteiger charge is 2.33. The maximum absolute atomic E-state index is 14.2. The SMILES string of the molecule is CCCCNC(=O)C(Cc1ccccc1)N(Cc1cccc(Br)c1)C(=O)CN(c1ccc(OC)c(OC)c1)S(C)(=O)=O. The Bertz CT molecular complexity index is 1450. The number of nitrogens with zero attached hydrogens (tertiary/aromatic N) is 2. The number of hydrogen-bond acceptors (Lipinski definition) is 6. The van der Waals surface area contributed by atoms with Crippen molar-refractivity contribution in [2.45, 2.75) is 38.8 Å². The van der Waals surface area contributed by atoms with Gasteiger partial charge in [0.25, 0.3) is 0 Å². The number of unbranched alkanes of at least 4 members (excludes halogenated alkanes) is 1. The fraction of sp³-hybridized carbons (Fsp3) is 0.355. The highest BCUT2D eigenvalue weighted by atomic mass is 79.9. The van der Waals surface area contributed by atoms with Crippen molar-refractivity contribution in [3.05, 3.63) is 88.4 Å². The molecule has 0 aromatic heterocycles. The van der Waals surface area contributed by atoms with E-state index in [9.17, 15) is 18.0 Å². The van der Waals surface area contributed by atoms with E-state index in [1.54, 1.807) is 12.1 Å². The van der Waals surface area contributed by atoms with Gasteiger partial charge in [0.05, 0.1) is 26.2 Å². The van der Waals surface area contributed by atoms with E-state index >= 15 is 0 Å². The highest BCUT2D eigenvalue weighted by Crippen LogP contribution is 2.32. The minimum absolute atomic E-state index is 0.0977. The summed E-state index contributed by atoms with van der Waals surface area (Å²) in [4.78, 5) is 29.3. The van der Waals surface area contributed by atoms with Gasteiger partial charge in [-0.05, 0) is 41.8 Å². The van der Waals surface area contributed by atoms with Crippen LogP contribution in [0.4, 0.5) is 5.69 Å². The molecule has 3 aromatic carbocycles. The number of carbonyl (C=O) groups is 2. The molecular formula is C31H38BrN3O6S. The Morgan fingerprint density at radius 2 is 1.62 bits per heavy atom. The average molecular weight is 661 g/mol. The Morgan fingerprint density at radius 1 is 0.929 bits per heavy atom. The lowest BCUT2D eigenvalue weighted by atomic mass is 10.0. The van der Waals surface area contributed by atoms with Crippen molar-refractivity contribution in [2.75, 3.05) is 37.9 Å². The molecule has 0 saturated heterocycles. The summed E-state index contributed by atoms with van der Waals surface area (Å²) in [7, 11) is -0.985. The first-order chi connectivity index (χ1) is 20.1. The first-order valence-electron chi connectivity index (χ1n) is 13.6. The molecule has 0 fully saturated rings. The zero-order valence-corrected chi connectivity index (χ0v) is 26.8. The number of nitrogens with one attached hydrogen (secondary N) is 1. The fourth-order valence-electron chi connectivity index (χ4n) is 4.49. The Kier molecular flexibility index (Phi) is 12.2. The number of sulfonamides is 1. The predicted molar refractivity (Wildman–Crippen MR) is 168 cm³/mol. The van der Waals surface area contributed by atoms with E-state index in [0.717, 1.165) is 39.0 Å². The number of ether oxygens (including phenoxy) is 2. The standard InChI is InChI=1S/C31H38BrN3O6S/c1-5-6-17-33-31(37)27(19-23-11-8-7-9-12-23)34(21-24-13-10-14-25(32)18-24)30(36)22-35(42(4,38)39)26-15-16-28(40-2)29(20-26)41-3/h7-16,18,20,27H,5-6,17,19,21-22H2,1-4H3,(H,33,37). The molecule has 0 aliphatic rings. The van der Waals surface area contributed by atoms with Gasteiger partial charge in [-0.25, -0.2) is 8.42 Å². The molecule has 1 N–H and O–H groups in total. The summed E-state index contributed by atoms with van der Waals surface area (Å²) < 4.78 is 38.5. The maximum atomic E-state index is 14.2. The quantitative estimate of drug-likeness (QED) is 0.235. The van der Waals surface area contributed by atoms with Gasteiger partial charge in [0.2, 0.25) is 21.8 Å². The molecule has 0 saturated carbocycles. The van der Waals surface area contributed by atoms with E-state index in [-0.39, 0.29) is 24.6 Å². The van der Waals surface area contributed by atoms with Gasteiger partial charge < -0.3 is 19.7 Å². The van der Waals surface area contributed by atoms with Gasteiger partial charge in [-0.3, -0.25) is 13.9 Å². The molecule has 1 atom stereocenters. The van der Waals surface area contributed by atoms with E-state index in [0.29, 0.717) is 18.0 Å². The Morgan fingerprint density at radius 3 is 2.24 bits per heavy atom. The third kappa shape index (κ3) is 9.22. The van der Waals surface area contributed by atoms with Crippen LogP contribution in [-0.2, 0) is 32.6 Å². The molecule has 0 bridgehead atoms. The number of amides is 2. The van der Waals surface area contributed by atoms with Crippen molar-refractivity contribution in [1.29, 1.82) is 0 Å². The van der Waals surface area contributed by atoms with Crippen molar-refractivity contribution in [2.24, 2.45) is 0 Å². The zero-order valence-electron chi connectivity index (χ0n) is 24.4. The summed E-state index contributed by atoms with van der Waals surface area (Å²) in [5, 5.41) is 2.98. The van der Waals surface area contributed by atoms with E-state index < -0.39 is 28.5 Å². The monoisotopic (exact) mass is 659 g/mol. The first kappa shape index (κ1) is 32.9. The third-order valence-corrected chi connectivity index (χ3v) is 8.31. The molecule has 1 unspecified atom stereocenters. The van der Waals surface area contributed by atoms with Gasteiger partial charge in [0, 0.05) is 30.0 Å². The van der Waals surface area contributed by atoms with Gasteiger partial charge in [0.1, 0.15) is 12.6 Å². The summed E-state index contributed by atoms with van der Waals surface area (Å²) in [5.74, 6) is -0.0854. The molecule has 2 amide bonds. The first-order valence-corrected chi connectivity index (χ1v) is 16.3. The molecule has 11 heteroatoms. The van der Waals surface area contributed by atoms with Gasteiger partial charge in [-0.2, -0.15) is 0 Å². The lowest BCUT2D eigenvalue weighted by molar-refractivity contribution is -0.140. The minimum Gasteiger partial charge on any atom is -0.493 e. The van der Waals surface area contributed by atoms with Crippen LogP contribution in [0.15, 0.2) is 77.3 Å². The summed E-state index contributed by atoms with van der Waals surface area (Å²) >= 11 is 3.48. The average Bonchev–Trinajstić information content (AvgIpc) is 2.97. The lowest BCUT2D eigenvalue weighted by Gasteiger charge is -2.33. The molecular weight excluding hydrogens is 622 g/mol. The maximum Gasteiger partial charge on any atom is 0.244 e. The number of methoxy groups -OCH3 is 2. The smallest absolute Gasteiger partial charge is 0.244 e. The number of halogens is 1. The second-order valence-electron chi connectivity index (χ2n) is 9.81. The Labute approximate surface area is 257 Å². The Balaban J connectivity index is 2.06. The summed E-state index contributed by atoms with van der Waals surface area (Å²) in [6.45, 7) is 2.08. The Hall–Kier alpha value is -3.57. The van der Waals surface area contributed by atoms with Crippen molar-refractivity contribution in [3.8, 4) is 11.5 Å². The molecule has 226 valence electrons. The highest BCUT2D eigenvalue weighted by molar-refractivity contribution is 9.10. The van der Waals surface area contributed by atoms with Crippen molar-refractivity contribution >= 4 is 43.5 Å². The number of anilines is 1. The van der Waals surface area contributed by atoms with Gasteiger partial charge in [0.15, 0.2) is 11.5 Å². The van der Waals surface area contributed by atoms with Gasteiger partial charge in [-0.1, -0.05) is 71.7 Å². The van der Waals surface area contributed by atoms with Crippen LogP contribution in [0.1, 0.15) is 30.9 Å². The summed E-state index contributed by atoms with van der Waals surface area (Å²) in [6, 6.07) is 20.7. The van der Waals surface area contributed by atoms with Crippen molar-refractivity contribution in [1.82, 2.24) is 10.2 Å². The molecule has 3 rings (SSSR count). The van der Waals surface area contributed by atoms with Gasteiger partial charge in [-0.15, -0.1) is 0 Å². The number of hydrogen-bond donors (Lipinski definition) is 1. The summed E-state index contributed by atoms with van der Waals surface area (Å²) in [5.41, 5.74) is 1.90. The molecule has 42 heavy (non-hydrogen) atoms. The number of benzene rings is 3. The van der Waals surface area contributed by atoms with Crippen LogP contribution in [0.25, 0.3) is 0 Å². The van der Waals surface area contributed by atoms with E-state index in [1.807, 2.05) is 61.5 Å². The number of carbonyl (C=O) groups excluding carboxylic acids is 2. The molecule has 0 radical (unpaired) electrons. The zero-order chi connectivity index (χ0) is 30.7. The van der Waals surface area contributed by atoms with Crippen LogP contribution in [0.5, 0.6) is 11.5 Å². The molecule has 0 spiro atoms. The van der Waals surface area contributed by atoms with Crippen LogP contribution in [0.3, 0.4) is 0 Å².